The minimum absolute atomic E-state index is 0.0439. The summed E-state index contributed by atoms with van der Waals surface area (Å²) >= 11 is 0. The molecule has 3 rings (SSSR count). The number of carbonyl (C=O) groups excluding carboxylic acids is 3. The van der Waals surface area contributed by atoms with Crippen LogP contribution >= 0.6 is 0 Å². The topological polar surface area (TPSA) is 119 Å². The molecule has 9 nitrogen and oxygen atoms in total. The fraction of sp³-hybridized carbons (Fsp3) is 0.286. The molecule has 0 aliphatic carbocycles. The van der Waals surface area contributed by atoms with Gasteiger partial charge < -0.3 is 15.0 Å². The van der Waals surface area contributed by atoms with E-state index in [0.29, 0.717) is 18.7 Å². The molecule has 9 heteroatoms. The van der Waals surface area contributed by atoms with Gasteiger partial charge in [0.15, 0.2) is 6.61 Å². The van der Waals surface area contributed by atoms with E-state index in [1.54, 1.807) is 30.9 Å². The van der Waals surface area contributed by atoms with Crippen molar-refractivity contribution in [3.63, 3.8) is 0 Å². The van der Waals surface area contributed by atoms with Crippen LogP contribution in [0.1, 0.15) is 34.3 Å². The van der Waals surface area contributed by atoms with Gasteiger partial charge in [-0.3, -0.25) is 19.7 Å². The summed E-state index contributed by atoms with van der Waals surface area (Å²) in [5.41, 5.74) is 2.26. The first-order valence-corrected chi connectivity index (χ1v) is 9.39. The lowest BCUT2D eigenvalue weighted by atomic mass is 10.1. The number of nitro benzene ring substituents is 1. The van der Waals surface area contributed by atoms with Crippen molar-refractivity contribution in [1.29, 1.82) is 0 Å². The minimum atomic E-state index is -0.709. The predicted molar refractivity (Wildman–Crippen MR) is 110 cm³/mol. The van der Waals surface area contributed by atoms with Crippen LogP contribution in [0.15, 0.2) is 36.4 Å². The number of nitrogens with one attached hydrogen (secondary N) is 1. The van der Waals surface area contributed by atoms with E-state index in [-0.39, 0.29) is 22.8 Å². The van der Waals surface area contributed by atoms with Crippen molar-refractivity contribution in [3.8, 4) is 0 Å². The van der Waals surface area contributed by atoms with Crippen LogP contribution in [0.3, 0.4) is 0 Å². The molecule has 0 spiro atoms. The van der Waals surface area contributed by atoms with Crippen LogP contribution in [0, 0.1) is 24.0 Å². The van der Waals surface area contributed by atoms with E-state index in [1.165, 1.54) is 24.3 Å². The Labute approximate surface area is 172 Å². The molecule has 1 N–H and O–H groups in total. The number of hydrogen-bond donors (Lipinski definition) is 1. The van der Waals surface area contributed by atoms with Crippen molar-refractivity contribution in [3.05, 3.63) is 63.2 Å². The lowest BCUT2D eigenvalue weighted by Gasteiger charge is -2.15. The molecule has 2 aromatic rings. The first-order valence-electron chi connectivity index (χ1n) is 9.39. The molecule has 1 fully saturated rings. The van der Waals surface area contributed by atoms with Crippen molar-refractivity contribution in [2.45, 2.75) is 26.7 Å². The molecule has 0 aromatic heterocycles. The molecular formula is C21H21N3O6. The van der Waals surface area contributed by atoms with E-state index < -0.39 is 23.4 Å². The van der Waals surface area contributed by atoms with Gasteiger partial charge in [-0.05, 0) is 61.7 Å². The molecule has 1 aliphatic rings. The quantitative estimate of drug-likeness (QED) is 0.443. The van der Waals surface area contributed by atoms with Gasteiger partial charge in [0.25, 0.3) is 11.6 Å². The van der Waals surface area contributed by atoms with Crippen LogP contribution in [0.5, 0.6) is 0 Å². The summed E-state index contributed by atoms with van der Waals surface area (Å²) in [7, 11) is 0. The van der Waals surface area contributed by atoms with E-state index >= 15 is 0 Å². The van der Waals surface area contributed by atoms with Crippen LogP contribution in [0.4, 0.5) is 17.1 Å². The Morgan fingerprint density at radius 2 is 1.83 bits per heavy atom. The molecule has 1 aliphatic heterocycles. The molecule has 1 heterocycles. The van der Waals surface area contributed by atoms with Gasteiger partial charge in [-0.1, -0.05) is 0 Å². The number of nitrogens with zero attached hydrogens (tertiary/aromatic N) is 2. The van der Waals surface area contributed by atoms with Crippen LogP contribution in [0.2, 0.25) is 0 Å². The molecule has 30 heavy (non-hydrogen) atoms. The Bertz CT molecular complexity index is 1020. The number of ether oxygens (including phenoxy) is 1. The Morgan fingerprint density at radius 1 is 1.17 bits per heavy atom. The Hall–Kier alpha value is -3.75. The predicted octanol–water partition coefficient (Wildman–Crippen LogP) is 3.13. The first kappa shape index (κ1) is 21.0. The maximum atomic E-state index is 12.2. The first-order chi connectivity index (χ1) is 14.3. The van der Waals surface area contributed by atoms with E-state index in [4.69, 9.17) is 4.74 Å². The van der Waals surface area contributed by atoms with Gasteiger partial charge >= 0.3 is 5.97 Å². The van der Waals surface area contributed by atoms with E-state index in [1.807, 2.05) is 0 Å². The number of rotatable bonds is 6. The highest BCUT2D eigenvalue weighted by Gasteiger charge is 2.22. The summed E-state index contributed by atoms with van der Waals surface area (Å²) < 4.78 is 5.00. The summed E-state index contributed by atoms with van der Waals surface area (Å²) in [5.74, 6) is -1.35. The van der Waals surface area contributed by atoms with Crippen LogP contribution in [-0.4, -0.2) is 35.9 Å². The molecule has 0 atom stereocenters. The number of nitro groups is 1. The summed E-state index contributed by atoms with van der Waals surface area (Å²) in [4.78, 5) is 48.4. The second-order valence-electron chi connectivity index (χ2n) is 7.03. The second-order valence-corrected chi connectivity index (χ2v) is 7.03. The van der Waals surface area contributed by atoms with Gasteiger partial charge in [0.2, 0.25) is 5.91 Å². The lowest BCUT2D eigenvalue weighted by Crippen LogP contribution is -2.24. The van der Waals surface area contributed by atoms with Crippen molar-refractivity contribution in [2.24, 2.45) is 0 Å². The van der Waals surface area contributed by atoms with Gasteiger partial charge in [-0.25, -0.2) is 4.79 Å². The van der Waals surface area contributed by atoms with Crippen molar-refractivity contribution < 1.29 is 24.0 Å². The Balaban J connectivity index is 1.60. The van der Waals surface area contributed by atoms with Gasteiger partial charge in [0.1, 0.15) is 5.69 Å². The fourth-order valence-electron chi connectivity index (χ4n) is 3.15. The maximum Gasteiger partial charge on any atom is 0.338 e. The SMILES string of the molecule is Cc1cc(NC(=O)COC(=O)c2ccc(N3CCCC3=O)cc2)c([N+](=O)[O-])cc1C. The molecular weight excluding hydrogens is 390 g/mol. The summed E-state index contributed by atoms with van der Waals surface area (Å²) in [6, 6.07) is 9.23. The zero-order chi connectivity index (χ0) is 21.8. The molecule has 1 saturated heterocycles. The number of benzene rings is 2. The van der Waals surface area contributed by atoms with E-state index in [9.17, 15) is 24.5 Å². The monoisotopic (exact) mass is 411 g/mol. The fourth-order valence-corrected chi connectivity index (χ4v) is 3.15. The minimum Gasteiger partial charge on any atom is -0.452 e. The van der Waals surface area contributed by atoms with Crippen molar-refractivity contribution >= 4 is 34.8 Å². The Kier molecular flexibility index (Phi) is 6.10. The molecule has 156 valence electrons. The second kappa shape index (κ2) is 8.73. The highest BCUT2D eigenvalue weighted by molar-refractivity contribution is 5.98. The smallest absolute Gasteiger partial charge is 0.338 e. The third kappa shape index (κ3) is 4.62. The average Bonchev–Trinajstić information content (AvgIpc) is 3.14. The molecule has 0 bridgehead atoms. The summed E-state index contributed by atoms with van der Waals surface area (Å²) in [5, 5.41) is 13.6. The maximum absolute atomic E-state index is 12.2. The largest absolute Gasteiger partial charge is 0.452 e. The number of amides is 2. The van der Waals surface area contributed by atoms with Crippen molar-refractivity contribution in [1.82, 2.24) is 0 Å². The van der Waals surface area contributed by atoms with Crippen LogP contribution in [-0.2, 0) is 14.3 Å². The van der Waals surface area contributed by atoms with Crippen LogP contribution in [0.25, 0.3) is 0 Å². The van der Waals surface area contributed by atoms with Gasteiger partial charge in [0.05, 0.1) is 10.5 Å². The Morgan fingerprint density at radius 3 is 2.43 bits per heavy atom. The summed E-state index contributed by atoms with van der Waals surface area (Å²) in [6.07, 6.45) is 1.31. The number of aryl methyl sites for hydroxylation is 2. The molecule has 0 saturated carbocycles. The third-order valence-electron chi connectivity index (χ3n) is 4.91. The standard InChI is InChI=1S/C21H21N3O6/c1-13-10-17(18(24(28)29)11-14(13)2)22-19(25)12-30-21(27)15-5-7-16(8-6-15)23-9-3-4-20(23)26/h5-8,10-11H,3-4,9,12H2,1-2H3,(H,22,25). The average molecular weight is 411 g/mol. The van der Waals surface area contributed by atoms with E-state index in [0.717, 1.165) is 17.5 Å². The van der Waals surface area contributed by atoms with Gasteiger partial charge in [-0.2, -0.15) is 0 Å². The van der Waals surface area contributed by atoms with Crippen LogP contribution < -0.4 is 10.2 Å². The van der Waals surface area contributed by atoms with Crippen molar-refractivity contribution in [2.75, 3.05) is 23.4 Å². The van der Waals surface area contributed by atoms with E-state index in [2.05, 4.69) is 5.32 Å². The lowest BCUT2D eigenvalue weighted by molar-refractivity contribution is -0.384. The number of esters is 1. The summed E-state index contributed by atoms with van der Waals surface area (Å²) in [6.45, 7) is 3.57. The zero-order valence-electron chi connectivity index (χ0n) is 16.6. The third-order valence-corrected chi connectivity index (χ3v) is 4.91. The number of carbonyl (C=O) groups is 3. The normalized spacial score (nSPS) is 13.3. The molecule has 0 radical (unpaired) electrons. The number of anilines is 2. The zero-order valence-corrected chi connectivity index (χ0v) is 16.6. The molecule has 2 amide bonds. The van der Waals surface area contributed by atoms with Gasteiger partial charge in [0, 0.05) is 24.7 Å². The highest BCUT2D eigenvalue weighted by Crippen LogP contribution is 2.28. The number of hydrogen-bond acceptors (Lipinski definition) is 6. The molecule has 2 aromatic carbocycles. The van der Waals surface area contributed by atoms with Gasteiger partial charge in [-0.15, -0.1) is 0 Å². The highest BCUT2D eigenvalue weighted by atomic mass is 16.6. The molecule has 0 unspecified atom stereocenters.